The summed E-state index contributed by atoms with van der Waals surface area (Å²) in [7, 11) is 1.63. The number of H-pyrrole nitrogens is 1. The van der Waals surface area contributed by atoms with Gasteiger partial charge in [0.05, 0.1) is 13.5 Å². The van der Waals surface area contributed by atoms with Crippen LogP contribution < -0.4 is 10.1 Å². The van der Waals surface area contributed by atoms with Gasteiger partial charge in [0.1, 0.15) is 5.75 Å². The van der Waals surface area contributed by atoms with Gasteiger partial charge in [0.25, 0.3) is 0 Å². The first kappa shape index (κ1) is 12.2. The van der Waals surface area contributed by atoms with Crippen LogP contribution in [0.25, 0.3) is 0 Å². The van der Waals surface area contributed by atoms with E-state index in [4.69, 9.17) is 4.74 Å². The average Bonchev–Trinajstić information content (AvgIpc) is 2.90. The summed E-state index contributed by atoms with van der Waals surface area (Å²) in [5, 5.41) is 9.39. The lowest BCUT2D eigenvalue weighted by Crippen LogP contribution is -2.24. The van der Waals surface area contributed by atoms with Crippen molar-refractivity contribution in [2.24, 2.45) is 0 Å². The molecule has 0 radical (unpaired) electrons. The Morgan fingerprint density at radius 2 is 2.11 bits per heavy atom. The highest BCUT2D eigenvalue weighted by molar-refractivity contribution is 5.78. The summed E-state index contributed by atoms with van der Waals surface area (Å²) in [4.78, 5) is 11.6. The average molecular weight is 245 g/mol. The minimum atomic E-state index is -0.0323. The number of rotatable bonds is 5. The highest BCUT2D eigenvalue weighted by Crippen LogP contribution is 2.10. The maximum absolute atomic E-state index is 11.6. The first-order valence-electron chi connectivity index (χ1n) is 5.66. The van der Waals surface area contributed by atoms with Gasteiger partial charge >= 0.3 is 0 Å². The second kappa shape index (κ2) is 5.86. The van der Waals surface area contributed by atoms with E-state index >= 15 is 0 Å². The maximum Gasteiger partial charge on any atom is 0.226 e. The molecule has 0 fully saturated rings. The van der Waals surface area contributed by atoms with E-state index in [1.54, 1.807) is 19.4 Å². The van der Waals surface area contributed by atoms with Crippen LogP contribution in [0.15, 0.2) is 36.5 Å². The smallest absolute Gasteiger partial charge is 0.226 e. The standard InChI is InChI=1S/C13H15N3O2/c1-18-12-4-2-10(3-5-12)9-14-13(17)8-11-6-7-15-16-11/h2-7H,8-9H2,1H3,(H,14,17)(H,15,16). The number of aromatic amines is 1. The van der Waals surface area contributed by atoms with Gasteiger partial charge in [-0.25, -0.2) is 0 Å². The number of nitrogens with zero attached hydrogens (tertiary/aromatic N) is 1. The van der Waals surface area contributed by atoms with Crippen LogP contribution in [-0.4, -0.2) is 23.2 Å². The van der Waals surface area contributed by atoms with Crippen LogP contribution in [0.5, 0.6) is 5.75 Å². The van der Waals surface area contributed by atoms with E-state index in [-0.39, 0.29) is 5.91 Å². The van der Waals surface area contributed by atoms with E-state index in [0.29, 0.717) is 13.0 Å². The normalized spacial score (nSPS) is 10.1. The molecule has 0 saturated heterocycles. The minimum absolute atomic E-state index is 0.0323. The van der Waals surface area contributed by atoms with Crippen molar-refractivity contribution in [3.8, 4) is 5.75 Å². The molecule has 2 aromatic rings. The third-order valence-electron chi connectivity index (χ3n) is 2.56. The second-order valence-corrected chi connectivity index (χ2v) is 3.88. The molecule has 1 heterocycles. The predicted molar refractivity (Wildman–Crippen MR) is 67.1 cm³/mol. The molecule has 1 aromatic carbocycles. The third kappa shape index (κ3) is 3.35. The van der Waals surface area contributed by atoms with Crippen LogP contribution >= 0.6 is 0 Å². The molecule has 1 aromatic heterocycles. The lowest BCUT2D eigenvalue weighted by atomic mass is 10.2. The van der Waals surface area contributed by atoms with Crippen LogP contribution in [0, 0.1) is 0 Å². The minimum Gasteiger partial charge on any atom is -0.497 e. The highest BCUT2D eigenvalue weighted by atomic mass is 16.5. The molecular weight excluding hydrogens is 230 g/mol. The summed E-state index contributed by atoms with van der Waals surface area (Å²) in [5.74, 6) is 0.776. The molecular formula is C13H15N3O2. The quantitative estimate of drug-likeness (QED) is 0.833. The van der Waals surface area contributed by atoms with Crippen LogP contribution in [-0.2, 0) is 17.8 Å². The summed E-state index contributed by atoms with van der Waals surface area (Å²) in [6.45, 7) is 0.511. The molecule has 1 amide bonds. The number of methoxy groups -OCH3 is 1. The van der Waals surface area contributed by atoms with E-state index in [9.17, 15) is 4.79 Å². The Bertz CT molecular complexity index is 491. The first-order chi connectivity index (χ1) is 8.78. The van der Waals surface area contributed by atoms with Crippen molar-refractivity contribution < 1.29 is 9.53 Å². The van der Waals surface area contributed by atoms with E-state index in [0.717, 1.165) is 17.0 Å². The second-order valence-electron chi connectivity index (χ2n) is 3.88. The number of hydrogen-bond acceptors (Lipinski definition) is 3. The zero-order valence-corrected chi connectivity index (χ0v) is 10.1. The molecule has 18 heavy (non-hydrogen) atoms. The summed E-state index contributed by atoms with van der Waals surface area (Å²) in [6.07, 6.45) is 1.95. The zero-order chi connectivity index (χ0) is 12.8. The van der Waals surface area contributed by atoms with E-state index < -0.39 is 0 Å². The number of aromatic nitrogens is 2. The molecule has 94 valence electrons. The Hall–Kier alpha value is -2.30. The maximum atomic E-state index is 11.6. The molecule has 0 unspecified atom stereocenters. The van der Waals surface area contributed by atoms with Crippen molar-refractivity contribution in [1.82, 2.24) is 15.5 Å². The van der Waals surface area contributed by atoms with Gasteiger partial charge in [-0.05, 0) is 23.8 Å². The number of carbonyl (C=O) groups is 1. The van der Waals surface area contributed by atoms with Gasteiger partial charge in [-0.15, -0.1) is 0 Å². The SMILES string of the molecule is COc1ccc(CNC(=O)Cc2ccn[nH]2)cc1. The van der Waals surface area contributed by atoms with Crippen LogP contribution in [0.4, 0.5) is 0 Å². The number of nitrogens with one attached hydrogen (secondary N) is 2. The van der Waals surface area contributed by atoms with E-state index in [1.165, 1.54) is 0 Å². The Labute approximate surface area is 105 Å². The van der Waals surface area contributed by atoms with Crippen molar-refractivity contribution in [1.29, 1.82) is 0 Å². The van der Waals surface area contributed by atoms with Crippen molar-refractivity contribution in [3.05, 3.63) is 47.8 Å². The molecule has 2 N–H and O–H groups in total. The first-order valence-corrected chi connectivity index (χ1v) is 5.66. The van der Waals surface area contributed by atoms with Crippen LogP contribution in [0.2, 0.25) is 0 Å². The topological polar surface area (TPSA) is 67.0 Å². The fraction of sp³-hybridized carbons (Fsp3) is 0.231. The van der Waals surface area contributed by atoms with Crippen molar-refractivity contribution in [2.45, 2.75) is 13.0 Å². The van der Waals surface area contributed by atoms with Gasteiger partial charge in [0.15, 0.2) is 0 Å². The Morgan fingerprint density at radius 3 is 2.72 bits per heavy atom. The Balaban J connectivity index is 1.81. The summed E-state index contributed by atoms with van der Waals surface area (Å²) in [6, 6.07) is 9.38. The third-order valence-corrected chi connectivity index (χ3v) is 2.56. The summed E-state index contributed by atoms with van der Waals surface area (Å²) >= 11 is 0. The monoisotopic (exact) mass is 245 g/mol. The van der Waals surface area contributed by atoms with Gasteiger partial charge in [0.2, 0.25) is 5.91 Å². The fourth-order valence-corrected chi connectivity index (χ4v) is 1.56. The largest absolute Gasteiger partial charge is 0.497 e. The lowest BCUT2D eigenvalue weighted by molar-refractivity contribution is -0.120. The molecule has 0 aliphatic heterocycles. The van der Waals surface area contributed by atoms with Crippen LogP contribution in [0.3, 0.4) is 0 Å². The number of amides is 1. The molecule has 0 aliphatic rings. The van der Waals surface area contributed by atoms with E-state index in [1.807, 2.05) is 24.3 Å². The lowest BCUT2D eigenvalue weighted by Gasteiger charge is -2.05. The zero-order valence-electron chi connectivity index (χ0n) is 10.1. The van der Waals surface area contributed by atoms with E-state index in [2.05, 4.69) is 15.5 Å². The fourth-order valence-electron chi connectivity index (χ4n) is 1.56. The molecule has 5 nitrogen and oxygen atoms in total. The highest BCUT2D eigenvalue weighted by Gasteiger charge is 2.04. The summed E-state index contributed by atoms with van der Waals surface area (Å²) in [5.41, 5.74) is 1.84. The van der Waals surface area contributed by atoms with Gasteiger partial charge < -0.3 is 10.1 Å². The number of benzene rings is 1. The molecule has 0 spiro atoms. The molecule has 0 saturated carbocycles. The van der Waals surface area contributed by atoms with Gasteiger partial charge in [-0.1, -0.05) is 12.1 Å². The van der Waals surface area contributed by atoms with Gasteiger partial charge in [-0.3, -0.25) is 9.89 Å². The molecule has 2 rings (SSSR count). The van der Waals surface area contributed by atoms with Crippen molar-refractivity contribution >= 4 is 5.91 Å². The number of hydrogen-bond donors (Lipinski definition) is 2. The van der Waals surface area contributed by atoms with Crippen molar-refractivity contribution in [2.75, 3.05) is 7.11 Å². The number of carbonyl (C=O) groups excluding carboxylic acids is 1. The molecule has 0 atom stereocenters. The Morgan fingerprint density at radius 1 is 1.33 bits per heavy atom. The Kier molecular flexibility index (Phi) is 3.96. The predicted octanol–water partition coefficient (Wildman–Crippen LogP) is 1.28. The van der Waals surface area contributed by atoms with Gasteiger partial charge in [-0.2, -0.15) is 5.10 Å². The van der Waals surface area contributed by atoms with Crippen LogP contribution in [0.1, 0.15) is 11.3 Å². The molecule has 0 aliphatic carbocycles. The molecule has 5 heteroatoms. The number of ether oxygens (including phenoxy) is 1. The van der Waals surface area contributed by atoms with Crippen molar-refractivity contribution in [3.63, 3.8) is 0 Å². The summed E-state index contributed by atoms with van der Waals surface area (Å²) < 4.78 is 5.07. The molecule has 0 bridgehead atoms. The van der Waals surface area contributed by atoms with Gasteiger partial charge in [0, 0.05) is 18.4 Å².